The van der Waals surface area contributed by atoms with Gasteiger partial charge in [0.15, 0.2) is 5.96 Å². The maximum atomic E-state index is 8.72. The van der Waals surface area contributed by atoms with Crippen LogP contribution in [0.1, 0.15) is 24.0 Å². The lowest BCUT2D eigenvalue weighted by Crippen LogP contribution is -2.37. The molecule has 1 aromatic carbocycles. The van der Waals surface area contributed by atoms with Gasteiger partial charge in [0, 0.05) is 20.1 Å². The van der Waals surface area contributed by atoms with Gasteiger partial charge >= 0.3 is 0 Å². The first-order valence-electron chi connectivity index (χ1n) is 6.25. The summed E-state index contributed by atoms with van der Waals surface area (Å²) in [6.45, 7) is 1.73. The Morgan fingerprint density at radius 3 is 2.61 bits per heavy atom. The molecule has 0 amide bonds. The van der Waals surface area contributed by atoms with Gasteiger partial charge in [0.05, 0.1) is 11.6 Å². The second-order valence-corrected chi connectivity index (χ2v) is 4.56. The van der Waals surface area contributed by atoms with Crippen molar-refractivity contribution in [3.8, 4) is 6.07 Å². The van der Waals surface area contributed by atoms with E-state index in [-0.39, 0.29) is 0 Å². The highest BCUT2D eigenvalue weighted by atomic mass is 15.2. The van der Waals surface area contributed by atoms with E-state index in [0.29, 0.717) is 5.56 Å². The summed E-state index contributed by atoms with van der Waals surface area (Å²) in [6.07, 6.45) is 2.67. The number of aliphatic imine (C=N–C) groups is 1. The molecule has 0 heterocycles. The van der Waals surface area contributed by atoms with Gasteiger partial charge in [-0.1, -0.05) is 12.1 Å². The summed E-state index contributed by atoms with van der Waals surface area (Å²) in [5, 5.41) is 15.3. The highest BCUT2D eigenvalue weighted by Gasteiger charge is 2.20. The molecule has 0 aliphatic heterocycles. The van der Waals surface area contributed by atoms with Gasteiger partial charge in [-0.25, -0.2) is 0 Å². The van der Waals surface area contributed by atoms with Gasteiger partial charge in [-0.15, -0.1) is 0 Å². The number of benzene rings is 1. The Morgan fingerprint density at radius 2 is 2.06 bits per heavy atom. The summed E-state index contributed by atoms with van der Waals surface area (Å²) in [6, 6.07) is 9.69. The van der Waals surface area contributed by atoms with Crippen molar-refractivity contribution in [1.82, 2.24) is 10.6 Å². The lowest BCUT2D eigenvalue weighted by atomic mass is 10.1. The normalized spacial score (nSPS) is 15.0. The molecule has 0 aromatic heterocycles. The maximum absolute atomic E-state index is 8.72. The Hall–Kier alpha value is -2.02. The molecule has 1 fully saturated rings. The standard InChI is InChI=1S/C14H18N4/c1-16-14(18-10-13-6-7-13)17-9-12-4-2-11(8-15)3-5-12/h2-5,13H,6-7,9-10H2,1H3,(H2,16,17,18). The van der Waals surface area contributed by atoms with Crippen molar-refractivity contribution in [3.05, 3.63) is 35.4 Å². The average molecular weight is 242 g/mol. The Balaban J connectivity index is 1.79. The molecule has 1 aliphatic carbocycles. The SMILES string of the molecule is CN=C(NCc1ccc(C#N)cc1)NCC1CC1. The molecule has 0 bridgehead atoms. The topological polar surface area (TPSA) is 60.2 Å². The second-order valence-electron chi connectivity index (χ2n) is 4.56. The summed E-state index contributed by atoms with van der Waals surface area (Å²) in [5.41, 5.74) is 1.83. The fourth-order valence-corrected chi connectivity index (χ4v) is 1.67. The smallest absolute Gasteiger partial charge is 0.191 e. The molecule has 0 saturated heterocycles. The molecule has 2 rings (SSSR count). The maximum Gasteiger partial charge on any atom is 0.191 e. The van der Waals surface area contributed by atoms with Gasteiger partial charge in [-0.05, 0) is 36.5 Å². The zero-order valence-electron chi connectivity index (χ0n) is 10.6. The fourth-order valence-electron chi connectivity index (χ4n) is 1.67. The quantitative estimate of drug-likeness (QED) is 0.623. The Morgan fingerprint density at radius 1 is 1.33 bits per heavy atom. The predicted octanol–water partition coefficient (Wildman–Crippen LogP) is 1.63. The first-order valence-corrected chi connectivity index (χ1v) is 6.25. The van der Waals surface area contributed by atoms with Crippen molar-refractivity contribution in [2.24, 2.45) is 10.9 Å². The van der Waals surface area contributed by atoms with E-state index in [1.807, 2.05) is 24.3 Å². The molecule has 1 aliphatic rings. The summed E-state index contributed by atoms with van der Waals surface area (Å²) in [5.74, 6) is 1.67. The van der Waals surface area contributed by atoms with Crippen LogP contribution in [0.25, 0.3) is 0 Å². The van der Waals surface area contributed by atoms with Crippen molar-refractivity contribution in [2.75, 3.05) is 13.6 Å². The molecule has 0 radical (unpaired) electrons. The van der Waals surface area contributed by atoms with E-state index in [2.05, 4.69) is 21.7 Å². The van der Waals surface area contributed by atoms with Crippen molar-refractivity contribution in [1.29, 1.82) is 5.26 Å². The highest BCUT2D eigenvalue weighted by Crippen LogP contribution is 2.27. The third-order valence-corrected chi connectivity index (χ3v) is 3.02. The molecule has 94 valence electrons. The Kier molecular flexibility index (Phi) is 4.19. The molecular weight excluding hydrogens is 224 g/mol. The number of hydrogen-bond acceptors (Lipinski definition) is 2. The minimum absolute atomic E-state index is 0.690. The van der Waals surface area contributed by atoms with Crippen molar-refractivity contribution >= 4 is 5.96 Å². The lowest BCUT2D eigenvalue weighted by Gasteiger charge is -2.11. The van der Waals surface area contributed by atoms with E-state index in [0.717, 1.165) is 30.5 Å². The third-order valence-electron chi connectivity index (χ3n) is 3.02. The molecule has 1 aromatic rings. The van der Waals surface area contributed by atoms with Crippen LogP contribution in [0.4, 0.5) is 0 Å². The minimum atomic E-state index is 0.690. The first-order chi connectivity index (χ1) is 8.81. The van der Waals surface area contributed by atoms with Crippen molar-refractivity contribution < 1.29 is 0 Å². The number of hydrogen-bond donors (Lipinski definition) is 2. The molecule has 0 atom stereocenters. The van der Waals surface area contributed by atoms with Crippen LogP contribution in [0.15, 0.2) is 29.3 Å². The van der Waals surface area contributed by atoms with Crippen LogP contribution in [0.5, 0.6) is 0 Å². The second kappa shape index (κ2) is 6.06. The molecule has 4 heteroatoms. The van der Waals surface area contributed by atoms with Crippen LogP contribution >= 0.6 is 0 Å². The van der Waals surface area contributed by atoms with Gasteiger partial charge in [0.2, 0.25) is 0 Å². The van der Waals surface area contributed by atoms with Crippen LogP contribution in [-0.4, -0.2) is 19.6 Å². The van der Waals surface area contributed by atoms with Crippen LogP contribution < -0.4 is 10.6 Å². The molecule has 1 saturated carbocycles. The summed E-state index contributed by atoms with van der Waals surface area (Å²) >= 11 is 0. The number of nitrogens with one attached hydrogen (secondary N) is 2. The predicted molar refractivity (Wildman–Crippen MR) is 72.1 cm³/mol. The molecular formula is C14H18N4. The van der Waals surface area contributed by atoms with Gasteiger partial charge in [-0.2, -0.15) is 5.26 Å². The Bertz CT molecular complexity index is 452. The largest absolute Gasteiger partial charge is 0.356 e. The summed E-state index contributed by atoms with van der Waals surface area (Å²) < 4.78 is 0. The van der Waals surface area contributed by atoms with Gasteiger partial charge in [0.25, 0.3) is 0 Å². The van der Waals surface area contributed by atoms with Crippen LogP contribution in [0.3, 0.4) is 0 Å². The van der Waals surface area contributed by atoms with Gasteiger partial charge < -0.3 is 10.6 Å². The molecule has 18 heavy (non-hydrogen) atoms. The number of rotatable bonds is 4. The van der Waals surface area contributed by atoms with Gasteiger partial charge in [-0.3, -0.25) is 4.99 Å². The molecule has 4 nitrogen and oxygen atoms in total. The van der Waals surface area contributed by atoms with E-state index < -0.39 is 0 Å². The molecule has 0 spiro atoms. The van der Waals surface area contributed by atoms with Crippen molar-refractivity contribution in [3.63, 3.8) is 0 Å². The van der Waals surface area contributed by atoms with Crippen LogP contribution in [0.2, 0.25) is 0 Å². The third kappa shape index (κ3) is 3.77. The molecule has 0 unspecified atom stereocenters. The van der Waals surface area contributed by atoms with E-state index in [9.17, 15) is 0 Å². The monoisotopic (exact) mass is 242 g/mol. The lowest BCUT2D eigenvalue weighted by molar-refractivity contribution is 0.737. The number of guanidine groups is 1. The van der Waals surface area contributed by atoms with Crippen LogP contribution in [0, 0.1) is 17.2 Å². The first kappa shape index (κ1) is 12.4. The van der Waals surface area contributed by atoms with Gasteiger partial charge in [0.1, 0.15) is 0 Å². The highest BCUT2D eigenvalue weighted by molar-refractivity contribution is 5.79. The fraction of sp³-hybridized carbons (Fsp3) is 0.429. The summed E-state index contributed by atoms with van der Waals surface area (Å²) in [4.78, 5) is 4.18. The zero-order valence-corrected chi connectivity index (χ0v) is 10.6. The van der Waals surface area contributed by atoms with E-state index in [4.69, 9.17) is 5.26 Å². The summed E-state index contributed by atoms with van der Waals surface area (Å²) in [7, 11) is 1.78. The van der Waals surface area contributed by atoms with E-state index in [1.54, 1.807) is 7.05 Å². The van der Waals surface area contributed by atoms with E-state index in [1.165, 1.54) is 12.8 Å². The number of nitrogens with zero attached hydrogens (tertiary/aromatic N) is 2. The zero-order chi connectivity index (χ0) is 12.8. The van der Waals surface area contributed by atoms with E-state index >= 15 is 0 Å². The molecule has 2 N–H and O–H groups in total. The Labute approximate surface area is 108 Å². The number of nitriles is 1. The van der Waals surface area contributed by atoms with Crippen molar-refractivity contribution in [2.45, 2.75) is 19.4 Å². The minimum Gasteiger partial charge on any atom is -0.356 e. The average Bonchev–Trinajstić information content (AvgIpc) is 3.24. The van der Waals surface area contributed by atoms with Crippen LogP contribution in [-0.2, 0) is 6.54 Å².